The molecule has 1 aromatic heterocycles. The van der Waals surface area contributed by atoms with E-state index in [1.807, 2.05) is 0 Å². The maximum Gasteiger partial charge on any atom is 0.337 e. The van der Waals surface area contributed by atoms with Crippen molar-refractivity contribution in [1.29, 1.82) is 0 Å². The van der Waals surface area contributed by atoms with Gasteiger partial charge in [-0.1, -0.05) is 29.8 Å². The van der Waals surface area contributed by atoms with Gasteiger partial charge in [0.2, 0.25) is 0 Å². The summed E-state index contributed by atoms with van der Waals surface area (Å²) in [5.41, 5.74) is 0.948. The zero-order chi connectivity index (χ0) is 16.6. The minimum Gasteiger partial charge on any atom is -0.495 e. The molecule has 0 amide bonds. The number of rotatable bonds is 3. The first-order chi connectivity index (χ1) is 11.0. The Morgan fingerprint density at radius 3 is 2.57 bits per heavy atom. The van der Waals surface area contributed by atoms with Gasteiger partial charge in [-0.3, -0.25) is 9.36 Å². The molecule has 0 aliphatic carbocycles. The van der Waals surface area contributed by atoms with Gasteiger partial charge in [-0.25, -0.2) is 4.79 Å². The molecule has 1 N–H and O–H groups in total. The number of carboxylic acids is 1. The van der Waals surface area contributed by atoms with Crippen molar-refractivity contribution in [3.8, 4) is 5.75 Å². The highest BCUT2D eigenvalue weighted by atomic mass is 35.5. The molecule has 0 spiro atoms. The average molecular weight is 330 g/mol. The molecule has 0 unspecified atom stereocenters. The number of benzene rings is 2. The molecule has 2 aromatic carbocycles. The van der Waals surface area contributed by atoms with Crippen LogP contribution in [0.4, 0.5) is 0 Å². The fourth-order valence-corrected chi connectivity index (χ4v) is 2.71. The number of fused-ring (bicyclic) bond motifs is 1. The fourth-order valence-electron chi connectivity index (χ4n) is 2.46. The normalized spacial score (nSPS) is 10.7. The van der Waals surface area contributed by atoms with Crippen LogP contribution in [0.15, 0.2) is 48.7 Å². The Morgan fingerprint density at radius 1 is 1.17 bits per heavy atom. The fraction of sp³-hybridized carbons (Fsp3) is 0.0588. The van der Waals surface area contributed by atoms with Crippen LogP contribution in [-0.2, 0) is 0 Å². The van der Waals surface area contributed by atoms with Crippen molar-refractivity contribution in [1.82, 2.24) is 4.57 Å². The predicted molar refractivity (Wildman–Crippen MR) is 86.6 cm³/mol. The number of para-hydroxylation sites is 1. The number of halogens is 1. The van der Waals surface area contributed by atoms with Gasteiger partial charge in [-0.2, -0.15) is 0 Å². The number of aromatic nitrogens is 1. The molecule has 1 heterocycles. The van der Waals surface area contributed by atoms with Crippen LogP contribution < -0.4 is 4.74 Å². The highest BCUT2D eigenvalue weighted by molar-refractivity contribution is 6.32. The van der Waals surface area contributed by atoms with E-state index in [4.69, 9.17) is 16.3 Å². The first kappa shape index (κ1) is 15.1. The predicted octanol–water partition coefficient (Wildman–Crippen LogP) is 3.69. The summed E-state index contributed by atoms with van der Waals surface area (Å²) in [6, 6.07) is 11.5. The van der Waals surface area contributed by atoms with Gasteiger partial charge in [0, 0.05) is 17.1 Å². The van der Waals surface area contributed by atoms with Gasteiger partial charge < -0.3 is 9.84 Å². The van der Waals surface area contributed by atoms with E-state index in [0.717, 1.165) is 0 Å². The summed E-state index contributed by atoms with van der Waals surface area (Å²) in [5, 5.41) is 10.1. The lowest BCUT2D eigenvalue weighted by Crippen LogP contribution is -2.11. The molecule has 3 aromatic rings. The second-order valence-electron chi connectivity index (χ2n) is 4.89. The van der Waals surface area contributed by atoms with Gasteiger partial charge in [0.05, 0.1) is 23.2 Å². The Kier molecular flexibility index (Phi) is 3.80. The van der Waals surface area contributed by atoms with Gasteiger partial charge >= 0.3 is 5.97 Å². The third kappa shape index (κ3) is 2.55. The summed E-state index contributed by atoms with van der Waals surface area (Å²) in [4.78, 5) is 24.1. The second-order valence-corrected chi connectivity index (χ2v) is 5.30. The van der Waals surface area contributed by atoms with Crippen molar-refractivity contribution in [2.75, 3.05) is 7.11 Å². The van der Waals surface area contributed by atoms with Crippen LogP contribution in [0, 0.1) is 0 Å². The molecule has 0 aliphatic heterocycles. The number of carbonyl (C=O) groups is 2. The lowest BCUT2D eigenvalue weighted by atomic mass is 10.2. The van der Waals surface area contributed by atoms with E-state index in [1.165, 1.54) is 23.9 Å². The van der Waals surface area contributed by atoms with Crippen LogP contribution in [0.1, 0.15) is 20.7 Å². The number of aromatic carboxylic acids is 1. The van der Waals surface area contributed by atoms with Gasteiger partial charge in [-0.05, 0) is 24.3 Å². The summed E-state index contributed by atoms with van der Waals surface area (Å²) in [6.45, 7) is 0. The van der Waals surface area contributed by atoms with E-state index >= 15 is 0 Å². The monoisotopic (exact) mass is 329 g/mol. The average Bonchev–Trinajstić information content (AvgIpc) is 2.94. The topological polar surface area (TPSA) is 68.5 Å². The second kappa shape index (κ2) is 5.78. The number of carbonyl (C=O) groups excluding carboxylic acids is 1. The quantitative estimate of drug-likeness (QED) is 0.795. The summed E-state index contributed by atoms with van der Waals surface area (Å²) in [6.07, 6.45) is 1.33. The number of hydrogen-bond donors (Lipinski definition) is 1. The molecule has 23 heavy (non-hydrogen) atoms. The van der Waals surface area contributed by atoms with Crippen molar-refractivity contribution >= 4 is 34.4 Å². The summed E-state index contributed by atoms with van der Waals surface area (Å²) in [5.74, 6) is -0.981. The lowest BCUT2D eigenvalue weighted by Gasteiger charge is -2.07. The van der Waals surface area contributed by atoms with Gasteiger partial charge in [-0.15, -0.1) is 0 Å². The van der Waals surface area contributed by atoms with Crippen molar-refractivity contribution < 1.29 is 19.4 Å². The molecule has 0 atom stereocenters. The number of methoxy groups -OCH3 is 1. The van der Waals surface area contributed by atoms with E-state index in [2.05, 4.69) is 0 Å². The highest BCUT2D eigenvalue weighted by Gasteiger charge is 2.19. The first-order valence-electron chi connectivity index (χ1n) is 6.74. The molecule has 0 bridgehead atoms. The Balaban J connectivity index is 2.15. The van der Waals surface area contributed by atoms with Crippen molar-refractivity contribution in [2.24, 2.45) is 0 Å². The van der Waals surface area contributed by atoms with E-state index in [0.29, 0.717) is 27.2 Å². The van der Waals surface area contributed by atoms with Gasteiger partial charge in [0.1, 0.15) is 5.75 Å². The largest absolute Gasteiger partial charge is 0.495 e. The molecule has 0 saturated carbocycles. The van der Waals surface area contributed by atoms with Gasteiger partial charge in [0.15, 0.2) is 0 Å². The Labute approximate surface area is 136 Å². The maximum absolute atomic E-state index is 12.7. The summed E-state index contributed by atoms with van der Waals surface area (Å²) in [7, 11) is 1.49. The molecule has 5 nitrogen and oxygen atoms in total. The number of ether oxygens (including phenoxy) is 1. The highest BCUT2D eigenvalue weighted by Crippen LogP contribution is 2.27. The van der Waals surface area contributed by atoms with Crippen LogP contribution in [-0.4, -0.2) is 28.7 Å². The third-order valence-electron chi connectivity index (χ3n) is 3.56. The van der Waals surface area contributed by atoms with Crippen molar-refractivity contribution in [2.45, 2.75) is 0 Å². The molecule has 6 heteroatoms. The van der Waals surface area contributed by atoms with Crippen molar-refractivity contribution in [3.63, 3.8) is 0 Å². The van der Waals surface area contributed by atoms with E-state index in [1.54, 1.807) is 36.4 Å². The van der Waals surface area contributed by atoms with E-state index < -0.39 is 5.97 Å². The first-order valence-corrected chi connectivity index (χ1v) is 7.12. The van der Waals surface area contributed by atoms with Crippen LogP contribution >= 0.6 is 11.6 Å². The molecule has 0 radical (unpaired) electrons. The van der Waals surface area contributed by atoms with Crippen molar-refractivity contribution in [3.05, 3.63) is 64.8 Å². The minimum atomic E-state index is -1.08. The Hall–Kier alpha value is -2.79. The number of carboxylic acid groups (broad SMARTS) is 1. The number of hydrogen-bond acceptors (Lipinski definition) is 3. The molecular weight excluding hydrogens is 318 g/mol. The molecule has 0 saturated heterocycles. The number of nitrogens with zero attached hydrogens (tertiary/aromatic N) is 1. The summed E-state index contributed by atoms with van der Waals surface area (Å²) >= 11 is 6.05. The lowest BCUT2D eigenvalue weighted by molar-refractivity contribution is 0.0699. The molecular formula is C17H12ClNO4. The Morgan fingerprint density at radius 2 is 1.91 bits per heavy atom. The molecule has 3 rings (SSSR count). The van der Waals surface area contributed by atoms with Crippen LogP contribution in [0.3, 0.4) is 0 Å². The van der Waals surface area contributed by atoms with Crippen LogP contribution in [0.5, 0.6) is 5.75 Å². The third-order valence-corrected chi connectivity index (χ3v) is 3.86. The SMILES string of the molecule is COc1ccc(C(=O)n2cc(C(=O)O)c3ccccc32)cc1Cl. The molecule has 0 fully saturated rings. The van der Waals surface area contributed by atoms with Crippen LogP contribution in [0.25, 0.3) is 10.9 Å². The maximum atomic E-state index is 12.7. The van der Waals surface area contributed by atoms with Gasteiger partial charge in [0.25, 0.3) is 5.91 Å². The molecule has 116 valence electrons. The van der Waals surface area contributed by atoms with Crippen LogP contribution in [0.2, 0.25) is 5.02 Å². The molecule has 0 aliphatic rings. The zero-order valence-corrected chi connectivity index (χ0v) is 12.9. The van der Waals surface area contributed by atoms with E-state index in [9.17, 15) is 14.7 Å². The smallest absolute Gasteiger partial charge is 0.337 e. The Bertz CT molecular complexity index is 929. The zero-order valence-electron chi connectivity index (χ0n) is 12.1. The summed E-state index contributed by atoms with van der Waals surface area (Å²) < 4.78 is 6.38. The standard InChI is InChI=1S/C17H12ClNO4/c1-23-15-7-6-10(8-13(15)18)16(20)19-9-12(17(21)22)11-4-2-3-5-14(11)19/h2-9H,1H3,(H,21,22). The van der Waals surface area contributed by atoms with E-state index in [-0.39, 0.29) is 11.5 Å². The minimum absolute atomic E-state index is 0.0774.